The quantitative estimate of drug-likeness (QED) is 0.788. The number of carbonyl (C=O) groups excluding carboxylic acids is 1. The van der Waals surface area contributed by atoms with E-state index in [4.69, 9.17) is 9.84 Å². The van der Waals surface area contributed by atoms with Crippen molar-refractivity contribution in [3.63, 3.8) is 0 Å². The first-order chi connectivity index (χ1) is 12.9. The molecule has 1 aromatic heterocycles. The van der Waals surface area contributed by atoms with Crippen LogP contribution in [0.4, 0.5) is 4.79 Å². The third kappa shape index (κ3) is 3.71. The van der Waals surface area contributed by atoms with Crippen molar-refractivity contribution in [1.82, 2.24) is 19.8 Å². The summed E-state index contributed by atoms with van der Waals surface area (Å²) < 4.78 is 7.37. The van der Waals surface area contributed by atoms with Gasteiger partial charge in [0.2, 0.25) is 5.16 Å². The van der Waals surface area contributed by atoms with Crippen LogP contribution in [-0.2, 0) is 4.74 Å². The van der Waals surface area contributed by atoms with E-state index in [-0.39, 0.29) is 12.1 Å². The van der Waals surface area contributed by atoms with Gasteiger partial charge in [-0.15, -0.1) is 10.2 Å². The van der Waals surface area contributed by atoms with Crippen molar-refractivity contribution in [2.24, 2.45) is 5.10 Å². The molecule has 142 valence electrons. The topological polar surface area (TPSA) is 72.6 Å². The van der Waals surface area contributed by atoms with Gasteiger partial charge < -0.3 is 4.74 Å². The van der Waals surface area contributed by atoms with E-state index in [1.54, 1.807) is 21.3 Å². The number of benzene rings is 1. The summed E-state index contributed by atoms with van der Waals surface area (Å²) in [6.45, 7) is 6.29. The first kappa shape index (κ1) is 18.0. The van der Waals surface area contributed by atoms with E-state index in [1.165, 1.54) is 0 Å². The molecule has 1 unspecified atom stereocenters. The Morgan fingerprint density at radius 1 is 1.22 bits per heavy atom. The van der Waals surface area contributed by atoms with Gasteiger partial charge in [-0.05, 0) is 39.2 Å². The van der Waals surface area contributed by atoms with Crippen molar-refractivity contribution in [2.45, 2.75) is 50.4 Å². The van der Waals surface area contributed by atoms with Crippen molar-refractivity contribution in [3.8, 4) is 0 Å². The molecule has 0 aliphatic carbocycles. The van der Waals surface area contributed by atoms with Gasteiger partial charge in [0.05, 0.1) is 11.8 Å². The Morgan fingerprint density at radius 3 is 2.74 bits per heavy atom. The van der Waals surface area contributed by atoms with Crippen molar-refractivity contribution in [3.05, 3.63) is 41.7 Å². The fourth-order valence-corrected chi connectivity index (χ4v) is 4.14. The van der Waals surface area contributed by atoms with Crippen LogP contribution in [0.5, 0.6) is 0 Å². The Kier molecular flexibility index (Phi) is 4.67. The Bertz CT molecular complexity index is 872. The highest BCUT2D eigenvalue weighted by molar-refractivity contribution is 7.99. The van der Waals surface area contributed by atoms with Gasteiger partial charge >= 0.3 is 6.09 Å². The van der Waals surface area contributed by atoms with Crippen molar-refractivity contribution in [1.29, 1.82) is 0 Å². The standard InChI is InChI=1S/C19H23N5O2S/c1-19(2,3)26-18(25)23-11-7-10-15(23)16-20-21-17-24(16)22-14(12-27-17)13-8-5-4-6-9-13/h4-6,8-9,15H,7,10-12H2,1-3H3. The summed E-state index contributed by atoms with van der Waals surface area (Å²) in [4.78, 5) is 14.4. The summed E-state index contributed by atoms with van der Waals surface area (Å²) in [5, 5.41) is 14.2. The molecular formula is C19H23N5O2S. The number of rotatable bonds is 2. The largest absolute Gasteiger partial charge is 0.444 e. The molecular weight excluding hydrogens is 362 g/mol. The van der Waals surface area contributed by atoms with Gasteiger partial charge in [0.25, 0.3) is 0 Å². The number of amides is 1. The fraction of sp³-hybridized carbons (Fsp3) is 0.474. The summed E-state index contributed by atoms with van der Waals surface area (Å²) >= 11 is 1.61. The van der Waals surface area contributed by atoms with Crippen LogP contribution >= 0.6 is 11.8 Å². The van der Waals surface area contributed by atoms with E-state index in [2.05, 4.69) is 22.3 Å². The minimum absolute atomic E-state index is 0.166. The van der Waals surface area contributed by atoms with Gasteiger partial charge in [0, 0.05) is 12.3 Å². The highest BCUT2D eigenvalue weighted by Gasteiger charge is 2.37. The number of carbonyl (C=O) groups is 1. The molecule has 0 N–H and O–H groups in total. The van der Waals surface area contributed by atoms with Crippen LogP contribution in [0.2, 0.25) is 0 Å². The molecule has 0 saturated carbocycles. The van der Waals surface area contributed by atoms with Gasteiger partial charge in [0.15, 0.2) is 5.82 Å². The number of ether oxygens (including phenoxy) is 1. The van der Waals surface area contributed by atoms with E-state index in [1.807, 2.05) is 39.0 Å². The number of fused-ring (bicyclic) bond motifs is 1. The molecule has 2 aromatic rings. The van der Waals surface area contributed by atoms with E-state index < -0.39 is 5.60 Å². The van der Waals surface area contributed by atoms with Crippen LogP contribution in [0.15, 0.2) is 40.6 Å². The summed E-state index contributed by atoms with van der Waals surface area (Å²) in [6, 6.07) is 9.94. The lowest BCUT2D eigenvalue weighted by molar-refractivity contribution is 0.0215. The average Bonchev–Trinajstić information content (AvgIpc) is 3.27. The molecule has 1 aromatic carbocycles. The number of likely N-dealkylation sites (tertiary alicyclic amines) is 1. The smallest absolute Gasteiger partial charge is 0.410 e. The molecule has 0 spiro atoms. The molecule has 0 bridgehead atoms. The highest BCUT2D eigenvalue weighted by Crippen LogP contribution is 2.35. The Hall–Kier alpha value is -2.35. The zero-order valence-corrected chi connectivity index (χ0v) is 16.6. The maximum Gasteiger partial charge on any atom is 0.410 e. The summed E-state index contributed by atoms with van der Waals surface area (Å²) in [5.41, 5.74) is 1.55. The minimum Gasteiger partial charge on any atom is -0.444 e. The molecule has 2 aliphatic rings. The Labute approximate surface area is 162 Å². The predicted molar refractivity (Wildman–Crippen MR) is 104 cm³/mol. The summed E-state index contributed by atoms with van der Waals surface area (Å²) in [6.07, 6.45) is 1.44. The SMILES string of the molecule is CC(C)(C)OC(=O)N1CCCC1c1nnc2n1N=C(c1ccccc1)CS2. The maximum absolute atomic E-state index is 12.6. The zero-order chi connectivity index (χ0) is 19.0. The third-order valence-corrected chi connectivity index (χ3v) is 5.41. The second-order valence-electron chi connectivity index (χ2n) is 7.69. The van der Waals surface area contributed by atoms with E-state index >= 15 is 0 Å². The maximum atomic E-state index is 12.6. The van der Waals surface area contributed by atoms with Crippen LogP contribution in [0, 0.1) is 0 Å². The third-order valence-electron chi connectivity index (χ3n) is 4.48. The number of aromatic nitrogens is 3. The van der Waals surface area contributed by atoms with Crippen molar-refractivity contribution < 1.29 is 9.53 Å². The Balaban J connectivity index is 1.64. The lowest BCUT2D eigenvalue weighted by Crippen LogP contribution is -2.37. The molecule has 1 fully saturated rings. The van der Waals surface area contributed by atoms with Crippen LogP contribution in [0.3, 0.4) is 0 Å². The number of thioether (sulfide) groups is 1. The van der Waals surface area contributed by atoms with E-state index in [9.17, 15) is 4.79 Å². The second-order valence-corrected chi connectivity index (χ2v) is 8.63. The molecule has 1 atom stereocenters. The number of hydrogen-bond donors (Lipinski definition) is 0. The second kappa shape index (κ2) is 6.99. The van der Waals surface area contributed by atoms with Crippen molar-refractivity contribution in [2.75, 3.05) is 12.3 Å². The van der Waals surface area contributed by atoms with Gasteiger partial charge in [0.1, 0.15) is 5.60 Å². The molecule has 3 heterocycles. The minimum atomic E-state index is -0.525. The molecule has 1 amide bonds. The van der Waals surface area contributed by atoms with Crippen LogP contribution < -0.4 is 0 Å². The monoisotopic (exact) mass is 385 g/mol. The number of nitrogens with zero attached hydrogens (tertiary/aromatic N) is 5. The highest BCUT2D eigenvalue weighted by atomic mass is 32.2. The van der Waals surface area contributed by atoms with Gasteiger partial charge in [-0.1, -0.05) is 42.1 Å². The summed E-state index contributed by atoms with van der Waals surface area (Å²) in [5.74, 6) is 1.46. The molecule has 27 heavy (non-hydrogen) atoms. The lowest BCUT2D eigenvalue weighted by atomic mass is 10.1. The molecule has 2 aliphatic heterocycles. The van der Waals surface area contributed by atoms with Crippen LogP contribution in [-0.4, -0.2) is 49.5 Å². The first-order valence-electron chi connectivity index (χ1n) is 9.13. The van der Waals surface area contributed by atoms with Gasteiger partial charge in [-0.25, -0.2) is 4.79 Å². The van der Waals surface area contributed by atoms with E-state index in [0.717, 1.165) is 35.0 Å². The van der Waals surface area contributed by atoms with Crippen LogP contribution in [0.25, 0.3) is 0 Å². The molecule has 4 rings (SSSR count). The normalized spacial score (nSPS) is 19.6. The predicted octanol–water partition coefficient (Wildman–Crippen LogP) is 3.71. The van der Waals surface area contributed by atoms with Gasteiger partial charge in [-0.3, -0.25) is 4.90 Å². The zero-order valence-electron chi connectivity index (χ0n) is 15.8. The molecule has 8 heteroatoms. The average molecular weight is 385 g/mol. The van der Waals surface area contributed by atoms with E-state index in [0.29, 0.717) is 12.4 Å². The summed E-state index contributed by atoms with van der Waals surface area (Å²) in [7, 11) is 0. The fourth-order valence-electron chi connectivity index (χ4n) is 3.30. The van der Waals surface area contributed by atoms with Crippen molar-refractivity contribution >= 4 is 23.6 Å². The molecule has 7 nitrogen and oxygen atoms in total. The molecule has 1 saturated heterocycles. The Morgan fingerprint density at radius 2 is 2.00 bits per heavy atom. The lowest BCUT2D eigenvalue weighted by Gasteiger charge is -2.28. The number of hydrogen-bond acceptors (Lipinski definition) is 6. The van der Waals surface area contributed by atoms with Gasteiger partial charge in [-0.2, -0.15) is 9.78 Å². The van der Waals surface area contributed by atoms with Crippen LogP contribution in [0.1, 0.15) is 51.0 Å². The first-order valence-corrected chi connectivity index (χ1v) is 10.1. The molecule has 0 radical (unpaired) electrons.